The van der Waals surface area contributed by atoms with Crippen LogP contribution in [-0.4, -0.2) is 50.2 Å². The second-order valence-corrected chi connectivity index (χ2v) is 10.1. The van der Waals surface area contributed by atoms with Crippen LogP contribution in [0, 0.1) is 17.8 Å². The zero-order valence-electron chi connectivity index (χ0n) is 15.7. The van der Waals surface area contributed by atoms with Gasteiger partial charge in [0.2, 0.25) is 15.9 Å². The molecule has 0 aromatic heterocycles. The fourth-order valence-corrected chi connectivity index (χ4v) is 6.45. The molecule has 2 atom stereocenters. The van der Waals surface area contributed by atoms with Crippen molar-refractivity contribution in [2.24, 2.45) is 23.5 Å². The van der Waals surface area contributed by atoms with Gasteiger partial charge in [-0.1, -0.05) is 13.3 Å². The number of nitrogens with zero attached hydrogens (tertiary/aromatic N) is 1. The van der Waals surface area contributed by atoms with E-state index in [9.17, 15) is 13.2 Å². The van der Waals surface area contributed by atoms with E-state index in [0.29, 0.717) is 44.2 Å². The van der Waals surface area contributed by atoms with Crippen molar-refractivity contribution >= 4 is 28.3 Å². The van der Waals surface area contributed by atoms with Gasteiger partial charge in [-0.15, -0.1) is 12.4 Å². The summed E-state index contributed by atoms with van der Waals surface area (Å²) in [6.07, 6.45) is 7.54. The molecule has 0 aromatic rings. The van der Waals surface area contributed by atoms with Crippen LogP contribution in [0.15, 0.2) is 0 Å². The van der Waals surface area contributed by atoms with E-state index in [2.05, 4.69) is 4.72 Å². The molecule has 8 heteroatoms. The highest BCUT2D eigenvalue weighted by Crippen LogP contribution is 2.42. The fourth-order valence-electron chi connectivity index (χ4n) is 5.05. The van der Waals surface area contributed by atoms with Crippen LogP contribution in [0.25, 0.3) is 0 Å². The molecule has 6 nitrogen and oxygen atoms in total. The Morgan fingerprint density at radius 2 is 1.69 bits per heavy atom. The molecule has 3 aliphatic rings. The van der Waals surface area contributed by atoms with Crippen molar-refractivity contribution in [3.05, 3.63) is 0 Å². The maximum absolute atomic E-state index is 12.9. The van der Waals surface area contributed by atoms with Crippen molar-refractivity contribution in [3.63, 3.8) is 0 Å². The third-order valence-electron chi connectivity index (χ3n) is 6.39. The Balaban J connectivity index is 0.00000243. The number of hydrogen-bond acceptors (Lipinski definition) is 4. The number of carbonyl (C=O) groups is 1. The molecule has 2 unspecified atom stereocenters. The zero-order valence-corrected chi connectivity index (χ0v) is 17.4. The Labute approximate surface area is 164 Å². The molecular formula is C18H34ClN3O3S. The van der Waals surface area contributed by atoms with Crippen LogP contribution in [0.1, 0.15) is 58.3 Å². The highest BCUT2D eigenvalue weighted by atomic mass is 35.5. The monoisotopic (exact) mass is 407 g/mol. The number of carbonyl (C=O) groups excluding carboxylic acids is 1. The van der Waals surface area contributed by atoms with Gasteiger partial charge in [-0.3, -0.25) is 4.79 Å². The first-order valence-electron chi connectivity index (χ1n) is 9.94. The summed E-state index contributed by atoms with van der Waals surface area (Å²) in [7, 11) is -3.17. The SMILES string of the molecule is CCCS(=O)(=O)NC1CCN(C(=O)C2CC3CCCC(C2)C3N)CC1.Cl. The van der Waals surface area contributed by atoms with Crippen molar-refractivity contribution in [1.82, 2.24) is 9.62 Å². The van der Waals surface area contributed by atoms with Crippen molar-refractivity contribution in [2.75, 3.05) is 18.8 Å². The molecule has 2 bridgehead atoms. The van der Waals surface area contributed by atoms with Gasteiger partial charge >= 0.3 is 0 Å². The van der Waals surface area contributed by atoms with Gasteiger partial charge in [0.05, 0.1) is 5.75 Å². The molecule has 1 aliphatic heterocycles. The topological polar surface area (TPSA) is 92.5 Å². The molecular weight excluding hydrogens is 374 g/mol. The Morgan fingerprint density at radius 1 is 1.12 bits per heavy atom. The second-order valence-electron chi connectivity index (χ2n) is 8.23. The lowest BCUT2D eigenvalue weighted by Gasteiger charge is -2.45. The summed E-state index contributed by atoms with van der Waals surface area (Å²) >= 11 is 0. The van der Waals surface area contributed by atoms with E-state index in [0.717, 1.165) is 12.8 Å². The Morgan fingerprint density at radius 3 is 2.23 bits per heavy atom. The molecule has 3 fully saturated rings. The fraction of sp³-hybridized carbons (Fsp3) is 0.944. The summed E-state index contributed by atoms with van der Waals surface area (Å²) in [5.74, 6) is 1.61. The highest BCUT2D eigenvalue weighted by Gasteiger charge is 2.42. The smallest absolute Gasteiger partial charge is 0.225 e. The first-order valence-corrected chi connectivity index (χ1v) is 11.6. The number of nitrogens with two attached hydrogens (primary N) is 1. The van der Waals surface area contributed by atoms with Crippen LogP contribution < -0.4 is 10.5 Å². The maximum atomic E-state index is 12.9. The summed E-state index contributed by atoms with van der Waals surface area (Å²) in [6, 6.07) is 0.260. The highest BCUT2D eigenvalue weighted by molar-refractivity contribution is 7.89. The minimum Gasteiger partial charge on any atom is -0.342 e. The Hall–Kier alpha value is -0.370. The second kappa shape index (κ2) is 9.22. The van der Waals surface area contributed by atoms with Crippen LogP contribution in [0.4, 0.5) is 0 Å². The first-order chi connectivity index (χ1) is 11.9. The zero-order chi connectivity index (χ0) is 18.0. The van der Waals surface area contributed by atoms with Crippen molar-refractivity contribution in [3.8, 4) is 0 Å². The number of likely N-dealkylation sites (tertiary alicyclic amines) is 1. The van der Waals surface area contributed by atoms with E-state index in [1.165, 1.54) is 19.3 Å². The summed E-state index contributed by atoms with van der Waals surface area (Å²) in [6.45, 7) is 3.19. The minimum atomic E-state index is -3.17. The molecule has 3 rings (SSSR count). The van der Waals surface area contributed by atoms with E-state index < -0.39 is 10.0 Å². The Kier molecular flexibility index (Phi) is 7.77. The number of nitrogens with one attached hydrogen (secondary N) is 1. The standard InChI is InChI=1S/C18H33N3O3S.ClH/c1-2-10-25(23,24)20-16-6-8-21(9-7-16)18(22)15-11-13-4-3-5-14(12-15)17(13)19;/h13-17,20H,2-12,19H2,1H3;1H. The molecule has 152 valence electrons. The van der Waals surface area contributed by atoms with E-state index in [1.807, 2.05) is 11.8 Å². The molecule has 0 radical (unpaired) electrons. The maximum Gasteiger partial charge on any atom is 0.225 e. The van der Waals surface area contributed by atoms with Crippen molar-refractivity contribution < 1.29 is 13.2 Å². The molecule has 0 aromatic carbocycles. The molecule has 2 aliphatic carbocycles. The molecule has 1 amide bonds. The quantitative estimate of drug-likeness (QED) is 0.727. The van der Waals surface area contributed by atoms with Crippen molar-refractivity contribution in [1.29, 1.82) is 0 Å². The summed E-state index contributed by atoms with van der Waals surface area (Å²) in [5.41, 5.74) is 6.34. The van der Waals surface area contributed by atoms with Gasteiger partial charge in [-0.05, 0) is 56.8 Å². The third-order valence-corrected chi connectivity index (χ3v) is 8.03. The average molecular weight is 408 g/mol. The number of halogens is 1. The van der Waals surface area contributed by atoms with Crippen LogP contribution in [0.2, 0.25) is 0 Å². The molecule has 2 saturated carbocycles. The summed E-state index contributed by atoms with van der Waals surface area (Å²) < 4.78 is 26.6. The molecule has 0 spiro atoms. The van der Waals surface area contributed by atoms with Gasteiger partial charge in [0.15, 0.2) is 0 Å². The summed E-state index contributed by atoms with van der Waals surface area (Å²) in [4.78, 5) is 14.9. The van der Waals surface area contributed by atoms with Gasteiger partial charge in [-0.25, -0.2) is 13.1 Å². The lowest BCUT2D eigenvalue weighted by Crippen LogP contribution is -2.52. The normalized spacial score (nSPS) is 32.8. The first kappa shape index (κ1) is 21.9. The average Bonchev–Trinajstić information content (AvgIpc) is 2.54. The number of rotatable bonds is 5. The third kappa shape index (κ3) is 5.12. The predicted molar refractivity (Wildman–Crippen MR) is 106 cm³/mol. The van der Waals surface area contributed by atoms with Crippen LogP contribution >= 0.6 is 12.4 Å². The summed E-state index contributed by atoms with van der Waals surface area (Å²) in [5, 5.41) is 0. The number of fused-ring (bicyclic) bond motifs is 2. The minimum absolute atomic E-state index is 0. The van der Waals surface area contributed by atoms with E-state index in [1.54, 1.807) is 0 Å². The lowest BCUT2D eigenvalue weighted by atomic mass is 9.65. The number of hydrogen-bond donors (Lipinski definition) is 2. The van der Waals surface area contributed by atoms with Gasteiger partial charge in [-0.2, -0.15) is 0 Å². The van der Waals surface area contributed by atoms with Gasteiger partial charge in [0.25, 0.3) is 0 Å². The predicted octanol–water partition coefficient (Wildman–Crippen LogP) is 1.88. The molecule has 26 heavy (non-hydrogen) atoms. The van der Waals surface area contributed by atoms with Crippen LogP contribution in [0.3, 0.4) is 0 Å². The van der Waals surface area contributed by atoms with E-state index in [4.69, 9.17) is 5.73 Å². The van der Waals surface area contributed by atoms with Gasteiger partial charge < -0.3 is 10.6 Å². The van der Waals surface area contributed by atoms with Crippen molar-refractivity contribution in [2.45, 2.75) is 70.4 Å². The van der Waals surface area contributed by atoms with E-state index in [-0.39, 0.29) is 42.1 Å². The number of amides is 1. The van der Waals surface area contributed by atoms with Gasteiger partial charge in [0, 0.05) is 31.1 Å². The molecule has 1 saturated heterocycles. The lowest BCUT2D eigenvalue weighted by molar-refractivity contribution is -0.139. The van der Waals surface area contributed by atoms with Gasteiger partial charge in [0.1, 0.15) is 0 Å². The van der Waals surface area contributed by atoms with E-state index >= 15 is 0 Å². The van der Waals surface area contributed by atoms with Crippen LogP contribution in [-0.2, 0) is 14.8 Å². The molecule has 1 heterocycles. The largest absolute Gasteiger partial charge is 0.342 e. The Bertz CT molecular complexity index is 564. The molecule has 3 N–H and O–H groups in total. The number of sulfonamides is 1. The van der Waals surface area contributed by atoms with Crippen LogP contribution in [0.5, 0.6) is 0 Å². The number of piperidine rings is 1.